The SMILES string of the molecule is CCc1c(-c2ccccc2F)nn2ccc(N3CCOCC3)nc12. The molecule has 0 saturated carbocycles. The van der Waals surface area contributed by atoms with Gasteiger partial charge in [-0.2, -0.15) is 5.10 Å². The molecular weight excluding hydrogens is 307 g/mol. The standard InChI is InChI=1S/C18H19FN4O/c1-2-13-17(14-5-3-4-6-15(14)19)21-23-8-7-16(20-18(13)23)22-9-11-24-12-10-22/h3-8H,2,9-12H2,1H3. The maximum atomic E-state index is 14.2. The normalized spacial score (nSPS) is 15.2. The number of hydrogen-bond acceptors (Lipinski definition) is 4. The zero-order chi connectivity index (χ0) is 16.5. The van der Waals surface area contributed by atoms with Crippen molar-refractivity contribution in [1.82, 2.24) is 14.6 Å². The first-order valence-corrected chi connectivity index (χ1v) is 8.24. The molecule has 4 rings (SSSR count). The minimum Gasteiger partial charge on any atom is -0.378 e. The molecule has 1 aliphatic heterocycles. The highest BCUT2D eigenvalue weighted by Gasteiger charge is 2.19. The van der Waals surface area contributed by atoms with Gasteiger partial charge < -0.3 is 9.64 Å². The highest BCUT2D eigenvalue weighted by molar-refractivity contribution is 5.71. The third kappa shape index (κ3) is 2.53. The van der Waals surface area contributed by atoms with Gasteiger partial charge in [0.05, 0.1) is 13.2 Å². The summed E-state index contributed by atoms with van der Waals surface area (Å²) in [7, 11) is 0. The number of halogens is 1. The van der Waals surface area contributed by atoms with Crippen molar-refractivity contribution in [2.75, 3.05) is 31.2 Å². The number of nitrogens with zero attached hydrogens (tertiary/aromatic N) is 4. The highest BCUT2D eigenvalue weighted by atomic mass is 19.1. The van der Waals surface area contributed by atoms with Gasteiger partial charge in [0.1, 0.15) is 17.3 Å². The summed E-state index contributed by atoms with van der Waals surface area (Å²) in [5, 5.41) is 4.57. The monoisotopic (exact) mass is 326 g/mol. The first-order valence-electron chi connectivity index (χ1n) is 8.24. The Labute approximate surface area is 139 Å². The molecule has 1 aromatic carbocycles. The third-order valence-electron chi connectivity index (χ3n) is 4.38. The number of benzene rings is 1. The molecule has 1 fully saturated rings. The van der Waals surface area contributed by atoms with Gasteiger partial charge in [-0.3, -0.25) is 0 Å². The van der Waals surface area contributed by atoms with Gasteiger partial charge in [-0.15, -0.1) is 0 Å². The van der Waals surface area contributed by atoms with Crippen molar-refractivity contribution in [3.8, 4) is 11.3 Å². The van der Waals surface area contributed by atoms with E-state index in [0.717, 1.165) is 36.5 Å². The molecule has 0 N–H and O–H groups in total. The topological polar surface area (TPSA) is 42.7 Å². The quantitative estimate of drug-likeness (QED) is 0.742. The Morgan fingerprint density at radius 1 is 1.17 bits per heavy atom. The Morgan fingerprint density at radius 2 is 1.96 bits per heavy atom. The van der Waals surface area contributed by atoms with Crippen LogP contribution in [0.2, 0.25) is 0 Å². The summed E-state index contributed by atoms with van der Waals surface area (Å²) in [4.78, 5) is 7.00. The Morgan fingerprint density at radius 3 is 2.71 bits per heavy atom. The van der Waals surface area contributed by atoms with Gasteiger partial charge in [0.2, 0.25) is 0 Å². The number of anilines is 1. The maximum absolute atomic E-state index is 14.2. The Hall–Kier alpha value is -2.47. The predicted octanol–water partition coefficient (Wildman–Crippen LogP) is 2.93. The Kier molecular flexibility index (Phi) is 3.90. The second kappa shape index (κ2) is 6.20. The fourth-order valence-electron chi connectivity index (χ4n) is 3.13. The molecule has 3 aromatic rings. The maximum Gasteiger partial charge on any atom is 0.161 e. The van der Waals surface area contributed by atoms with Crippen molar-refractivity contribution in [3.63, 3.8) is 0 Å². The first kappa shape index (κ1) is 15.1. The van der Waals surface area contributed by atoms with Crippen molar-refractivity contribution >= 4 is 11.5 Å². The van der Waals surface area contributed by atoms with E-state index in [4.69, 9.17) is 9.72 Å². The number of morpholine rings is 1. The molecule has 3 heterocycles. The van der Waals surface area contributed by atoms with E-state index in [0.29, 0.717) is 24.5 Å². The molecule has 0 radical (unpaired) electrons. The lowest BCUT2D eigenvalue weighted by atomic mass is 10.1. The number of fused-ring (bicyclic) bond motifs is 1. The minimum absolute atomic E-state index is 0.260. The van der Waals surface area contributed by atoms with Crippen LogP contribution in [0.15, 0.2) is 36.5 Å². The van der Waals surface area contributed by atoms with E-state index >= 15 is 0 Å². The van der Waals surface area contributed by atoms with Gasteiger partial charge in [-0.25, -0.2) is 13.9 Å². The van der Waals surface area contributed by atoms with E-state index in [9.17, 15) is 4.39 Å². The van der Waals surface area contributed by atoms with Crippen LogP contribution in [-0.4, -0.2) is 40.9 Å². The number of ether oxygens (including phenoxy) is 1. The molecule has 0 amide bonds. The molecular formula is C18H19FN4O. The molecule has 124 valence electrons. The Bertz CT molecular complexity index is 871. The molecule has 0 bridgehead atoms. The molecule has 0 atom stereocenters. The average Bonchev–Trinajstić information content (AvgIpc) is 3.00. The number of aryl methyl sites for hydroxylation is 1. The van der Waals surface area contributed by atoms with E-state index in [1.807, 2.05) is 25.3 Å². The Balaban J connectivity index is 1.84. The summed E-state index contributed by atoms with van der Waals surface area (Å²) in [6.45, 7) is 5.14. The van der Waals surface area contributed by atoms with Crippen molar-refractivity contribution in [1.29, 1.82) is 0 Å². The van der Waals surface area contributed by atoms with Crippen molar-refractivity contribution < 1.29 is 9.13 Å². The van der Waals surface area contributed by atoms with Gasteiger partial charge in [0.15, 0.2) is 5.65 Å². The molecule has 0 aliphatic carbocycles. The van der Waals surface area contributed by atoms with Crippen molar-refractivity contribution in [3.05, 3.63) is 47.9 Å². The lowest BCUT2D eigenvalue weighted by molar-refractivity contribution is 0.122. The van der Waals surface area contributed by atoms with Crippen molar-refractivity contribution in [2.24, 2.45) is 0 Å². The summed E-state index contributed by atoms with van der Waals surface area (Å²) in [5.74, 6) is 0.657. The van der Waals surface area contributed by atoms with Crippen LogP contribution in [0.25, 0.3) is 16.9 Å². The van der Waals surface area contributed by atoms with Crippen LogP contribution in [0, 0.1) is 5.82 Å². The molecule has 5 nitrogen and oxygen atoms in total. The second-order valence-electron chi connectivity index (χ2n) is 5.81. The van der Waals surface area contributed by atoms with Gasteiger partial charge in [0.25, 0.3) is 0 Å². The van der Waals surface area contributed by atoms with Gasteiger partial charge in [-0.1, -0.05) is 19.1 Å². The summed E-state index contributed by atoms with van der Waals surface area (Å²) in [6.07, 6.45) is 2.64. The van der Waals surface area contributed by atoms with Gasteiger partial charge in [0, 0.05) is 30.4 Å². The van der Waals surface area contributed by atoms with Crippen LogP contribution < -0.4 is 4.90 Å². The molecule has 0 spiro atoms. The van der Waals surface area contributed by atoms with Crippen LogP contribution in [0.1, 0.15) is 12.5 Å². The number of aromatic nitrogens is 3. The fraction of sp³-hybridized carbons (Fsp3) is 0.333. The number of hydrogen-bond donors (Lipinski definition) is 0. The molecule has 24 heavy (non-hydrogen) atoms. The molecule has 1 aliphatic rings. The summed E-state index contributed by atoms with van der Waals surface area (Å²) in [5.41, 5.74) is 2.95. The molecule has 1 saturated heterocycles. The van der Waals surface area contributed by atoms with Crippen LogP contribution in [0.5, 0.6) is 0 Å². The van der Waals surface area contributed by atoms with E-state index in [-0.39, 0.29) is 5.82 Å². The largest absolute Gasteiger partial charge is 0.378 e. The summed E-state index contributed by atoms with van der Waals surface area (Å²) in [6, 6.07) is 8.70. The summed E-state index contributed by atoms with van der Waals surface area (Å²) >= 11 is 0. The average molecular weight is 326 g/mol. The zero-order valence-corrected chi connectivity index (χ0v) is 13.6. The van der Waals surface area contributed by atoms with Crippen LogP contribution in [-0.2, 0) is 11.2 Å². The predicted molar refractivity (Wildman–Crippen MR) is 90.8 cm³/mol. The fourth-order valence-corrected chi connectivity index (χ4v) is 3.13. The molecule has 0 unspecified atom stereocenters. The van der Waals surface area contributed by atoms with Crippen molar-refractivity contribution in [2.45, 2.75) is 13.3 Å². The van der Waals surface area contributed by atoms with E-state index in [1.165, 1.54) is 6.07 Å². The van der Waals surface area contributed by atoms with Crippen LogP contribution in [0.4, 0.5) is 10.2 Å². The van der Waals surface area contributed by atoms with Crippen LogP contribution in [0.3, 0.4) is 0 Å². The second-order valence-corrected chi connectivity index (χ2v) is 5.81. The van der Waals surface area contributed by atoms with E-state index < -0.39 is 0 Å². The molecule has 2 aromatic heterocycles. The minimum atomic E-state index is -0.260. The molecule has 6 heteroatoms. The van der Waals surface area contributed by atoms with E-state index in [1.54, 1.807) is 16.6 Å². The number of rotatable bonds is 3. The summed E-state index contributed by atoms with van der Waals surface area (Å²) < 4.78 is 21.3. The smallest absolute Gasteiger partial charge is 0.161 e. The lowest BCUT2D eigenvalue weighted by Crippen LogP contribution is -2.36. The van der Waals surface area contributed by atoms with Crippen LogP contribution >= 0.6 is 0 Å². The highest BCUT2D eigenvalue weighted by Crippen LogP contribution is 2.28. The lowest BCUT2D eigenvalue weighted by Gasteiger charge is -2.27. The first-order chi connectivity index (χ1) is 11.8. The third-order valence-corrected chi connectivity index (χ3v) is 4.38. The zero-order valence-electron chi connectivity index (χ0n) is 13.6. The van der Waals surface area contributed by atoms with E-state index in [2.05, 4.69) is 10.00 Å². The van der Waals surface area contributed by atoms with Gasteiger partial charge >= 0.3 is 0 Å². The van der Waals surface area contributed by atoms with Gasteiger partial charge in [-0.05, 0) is 24.6 Å².